The summed E-state index contributed by atoms with van der Waals surface area (Å²) in [5, 5.41) is 0. The summed E-state index contributed by atoms with van der Waals surface area (Å²) in [6.45, 7) is 18.2. The topological polar surface area (TPSA) is 123 Å². The van der Waals surface area contributed by atoms with Crippen LogP contribution in [0.2, 0.25) is 0 Å². The van der Waals surface area contributed by atoms with Gasteiger partial charge in [0, 0.05) is 39.3 Å². The summed E-state index contributed by atoms with van der Waals surface area (Å²) in [5.41, 5.74) is 0. The van der Waals surface area contributed by atoms with Crippen LogP contribution in [0.15, 0.2) is 0 Å². The summed E-state index contributed by atoms with van der Waals surface area (Å²) in [7, 11) is 0. The molecule has 0 saturated heterocycles. The number of rotatable bonds is 9. The molecule has 0 unspecified atom stereocenters. The molecule has 0 aliphatic rings. The van der Waals surface area contributed by atoms with Gasteiger partial charge >= 0.3 is 31.1 Å². The van der Waals surface area contributed by atoms with Gasteiger partial charge in [0.2, 0.25) is 17.8 Å². The molecule has 0 aromatic carbocycles. The Morgan fingerprint density at radius 3 is 0.885 bits per heavy atom. The van der Waals surface area contributed by atoms with Gasteiger partial charge in [0.1, 0.15) is 0 Å². The Hall–Kier alpha value is -1.38. The molecule has 0 spiro atoms. The van der Waals surface area contributed by atoms with E-state index in [1.54, 1.807) is 0 Å². The van der Waals surface area contributed by atoms with Crippen molar-refractivity contribution in [1.29, 1.82) is 0 Å². The third-order valence-corrected chi connectivity index (χ3v) is 3.74. The fourth-order valence-corrected chi connectivity index (χ4v) is 2.29. The summed E-state index contributed by atoms with van der Waals surface area (Å²) in [6.07, 6.45) is 0. The second-order valence-corrected chi connectivity index (χ2v) is 7.40. The minimum absolute atomic E-state index is 0.777. The van der Waals surface area contributed by atoms with Crippen molar-refractivity contribution < 1.29 is 31.1 Å². The molecule has 0 bridgehead atoms. The predicted octanol–water partition coefficient (Wildman–Crippen LogP) is 1.06. The maximum absolute atomic E-state index is 8.85. The summed E-state index contributed by atoms with van der Waals surface area (Å²) in [6, 6.07) is 0. The third kappa shape index (κ3) is 8.82. The summed E-state index contributed by atoms with van der Waals surface area (Å²) in [4.78, 5) is 20.5. The molecule has 0 amide bonds. The Morgan fingerprint density at radius 2 is 0.769 bits per heavy atom. The number of hydrogen-bond donors (Lipinski definition) is 2. The molecule has 152 valence electrons. The standard InChI is InChI=1S/C15H30N6.Mo.2H2O.2O/c1-7-19(8-2)13-16-14(20(9-3)10-4)18-15(17-13)21(11-5)12-6;;;;;/h7-12H2,1-6H3;;2*1H2;;/q;+2;;;;/p-2. The van der Waals surface area contributed by atoms with Crippen LogP contribution in [0.4, 0.5) is 17.8 Å². The van der Waals surface area contributed by atoms with Crippen LogP contribution in [-0.2, 0) is 23.5 Å². The second-order valence-electron chi connectivity index (χ2n) is 5.20. The molecular formula is C15H32MoN6O4. The van der Waals surface area contributed by atoms with Crippen molar-refractivity contribution in [3.63, 3.8) is 0 Å². The Morgan fingerprint density at radius 1 is 0.615 bits per heavy atom. The van der Waals surface area contributed by atoms with E-state index in [1.165, 1.54) is 0 Å². The molecule has 0 aliphatic carbocycles. The molecule has 1 heterocycles. The van der Waals surface area contributed by atoms with Crippen molar-refractivity contribution in [3.05, 3.63) is 0 Å². The van der Waals surface area contributed by atoms with Crippen LogP contribution in [0, 0.1) is 0 Å². The molecule has 1 rings (SSSR count). The van der Waals surface area contributed by atoms with Crippen molar-refractivity contribution >= 4 is 17.8 Å². The van der Waals surface area contributed by atoms with Crippen LogP contribution in [0.3, 0.4) is 0 Å². The van der Waals surface area contributed by atoms with Gasteiger partial charge in [-0.05, 0) is 41.5 Å². The number of anilines is 3. The first-order valence-electron chi connectivity index (χ1n) is 8.85. The van der Waals surface area contributed by atoms with E-state index < -0.39 is 16.7 Å². The van der Waals surface area contributed by atoms with Gasteiger partial charge in [-0.3, -0.25) is 0 Å². The Labute approximate surface area is 159 Å². The first kappa shape index (κ1) is 24.6. The molecule has 1 aromatic heterocycles. The molecule has 0 saturated carbocycles. The second kappa shape index (κ2) is 12.1. The zero-order valence-corrected chi connectivity index (χ0v) is 18.6. The summed E-state index contributed by atoms with van der Waals surface area (Å²) in [5.74, 6) is 2.33. The first-order chi connectivity index (χ1) is 12.1. The van der Waals surface area contributed by atoms with Gasteiger partial charge in [-0.15, -0.1) is 0 Å². The van der Waals surface area contributed by atoms with E-state index in [4.69, 9.17) is 14.3 Å². The quantitative estimate of drug-likeness (QED) is 0.522. The fraction of sp³-hybridized carbons (Fsp3) is 0.800. The number of hydrogen-bond acceptors (Lipinski definition) is 8. The van der Waals surface area contributed by atoms with E-state index in [-0.39, 0.29) is 0 Å². The van der Waals surface area contributed by atoms with Gasteiger partial charge in [-0.1, -0.05) is 0 Å². The zero-order chi connectivity index (χ0) is 20.3. The van der Waals surface area contributed by atoms with E-state index in [9.17, 15) is 0 Å². The molecule has 1 aromatic rings. The van der Waals surface area contributed by atoms with Crippen molar-refractivity contribution in [3.8, 4) is 0 Å². The molecule has 26 heavy (non-hydrogen) atoms. The van der Waals surface area contributed by atoms with E-state index in [0.29, 0.717) is 0 Å². The van der Waals surface area contributed by atoms with E-state index in [2.05, 4.69) is 71.2 Å². The van der Waals surface area contributed by atoms with Gasteiger partial charge in [0.25, 0.3) is 0 Å². The Bertz CT molecular complexity index is 534. The van der Waals surface area contributed by atoms with Crippen molar-refractivity contribution in [2.45, 2.75) is 41.5 Å². The molecule has 2 N–H and O–H groups in total. The molecular weight excluding hydrogens is 424 g/mol. The monoisotopic (exact) mass is 458 g/mol. The van der Waals surface area contributed by atoms with Crippen LogP contribution in [0.5, 0.6) is 0 Å². The summed E-state index contributed by atoms with van der Waals surface area (Å²) >= 11 is -5.52. The van der Waals surface area contributed by atoms with Crippen molar-refractivity contribution in [2.75, 3.05) is 54.0 Å². The van der Waals surface area contributed by atoms with Gasteiger partial charge in [-0.25, -0.2) is 0 Å². The normalized spacial score (nSPS) is 10.8. The average molecular weight is 456 g/mol. The van der Waals surface area contributed by atoms with E-state index >= 15 is 0 Å². The van der Waals surface area contributed by atoms with E-state index in [0.717, 1.165) is 57.1 Å². The van der Waals surface area contributed by atoms with Crippen molar-refractivity contribution in [2.24, 2.45) is 0 Å². The molecule has 0 atom stereocenters. The van der Waals surface area contributed by atoms with Crippen LogP contribution in [0.25, 0.3) is 0 Å². The maximum atomic E-state index is 8.85. The third-order valence-electron chi connectivity index (χ3n) is 3.74. The fourth-order valence-electron chi connectivity index (χ4n) is 2.29. The van der Waals surface area contributed by atoms with Crippen LogP contribution < -0.4 is 14.7 Å². The molecule has 10 nitrogen and oxygen atoms in total. The number of aromatic nitrogens is 3. The van der Waals surface area contributed by atoms with Gasteiger partial charge in [0.15, 0.2) is 0 Å². The van der Waals surface area contributed by atoms with Crippen LogP contribution >= 0.6 is 0 Å². The van der Waals surface area contributed by atoms with Gasteiger partial charge in [-0.2, -0.15) is 15.0 Å². The van der Waals surface area contributed by atoms with Gasteiger partial charge in [0.05, 0.1) is 0 Å². The van der Waals surface area contributed by atoms with Crippen LogP contribution in [0.1, 0.15) is 41.5 Å². The van der Waals surface area contributed by atoms with Crippen LogP contribution in [-0.4, -0.2) is 61.7 Å². The minimum atomic E-state index is -5.52. The summed E-state index contributed by atoms with van der Waals surface area (Å²) < 4.78 is 32.0. The first-order valence-corrected chi connectivity index (χ1v) is 12.3. The zero-order valence-electron chi connectivity index (χ0n) is 16.5. The average Bonchev–Trinajstić information content (AvgIpc) is 2.57. The predicted molar refractivity (Wildman–Crippen MR) is 96.3 cm³/mol. The number of nitrogens with zero attached hydrogens (tertiary/aromatic N) is 6. The molecule has 0 radical (unpaired) electrons. The van der Waals surface area contributed by atoms with E-state index in [1.807, 2.05) is 0 Å². The molecule has 11 heteroatoms. The Kier molecular flexibility index (Phi) is 11.4. The van der Waals surface area contributed by atoms with Gasteiger partial charge < -0.3 is 14.7 Å². The Balaban J connectivity index is 0.00000110. The van der Waals surface area contributed by atoms with Crippen molar-refractivity contribution in [1.82, 2.24) is 15.0 Å². The SMILES string of the molecule is CCN(CC)c1nc(N(CC)CC)nc(N(CC)CC)n1.[O]=[Mo](=[O])([OH])[OH]. The molecule has 0 fully saturated rings. The molecule has 0 aliphatic heterocycles.